The standard InChI is InChI=1S/C10H9NO2/c1-7-9(10(12)13-11-7)8-5-3-2-4-6-8/h2-6,11H,1H3. The topological polar surface area (TPSA) is 46.0 Å². The van der Waals surface area contributed by atoms with Crippen molar-refractivity contribution in [2.75, 3.05) is 0 Å². The van der Waals surface area contributed by atoms with Gasteiger partial charge in [-0.3, -0.25) is 0 Å². The van der Waals surface area contributed by atoms with Crippen molar-refractivity contribution in [3.63, 3.8) is 0 Å². The molecule has 0 unspecified atom stereocenters. The first-order valence-electron chi connectivity index (χ1n) is 4.02. The van der Waals surface area contributed by atoms with Gasteiger partial charge < -0.3 is 4.52 Å². The molecule has 0 aliphatic heterocycles. The summed E-state index contributed by atoms with van der Waals surface area (Å²) in [6.45, 7) is 1.81. The molecule has 3 nitrogen and oxygen atoms in total. The van der Waals surface area contributed by atoms with Crippen LogP contribution < -0.4 is 5.63 Å². The first-order valence-corrected chi connectivity index (χ1v) is 4.02. The van der Waals surface area contributed by atoms with Gasteiger partial charge in [-0.15, -0.1) is 0 Å². The maximum absolute atomic E-state index is 11.2. The summed E-state index contributed by atoms with van der Waals surface area (Å²) in [4.78, 5) is 11.2. The molecular weight excluding hydrogens is 166 g/mol. The Hall–Kier alpha value is -1.77. The second kappa shape index (κ2) is 2.94. The first-order chi connectivity index (χ1) is 6.29. The molecule has 0 saturated heterocycles. The van der Waals surface area contributed by atoms with E-state index in [1.54, 1.807) is 0 Å². The number of nitrogens with one attached hydrogen (secondary N) is 1. The van der Waals surface area contributed by atoms with Crippen LogP contribution in [0.4, 0.5) is 0 Å². The highest BCUT2D eigenvalue weighted by Crippen LogP contribution is 2.17. The van der Waals surface area contributed by atoms with Crippen LogP contribution in [0.5, 0.6) is 0 Å². The fraction of sp³-hybridized carbons (Fsp3) is 0.100. The van der Waals surface area contributed by atoms with Crippen LogP contribution in [0.15, 0.2) is 39.6 Å². The largest absolute Gasteiger partial charge is 0.365 e. The van der Waals surface area contributed by atoms with Gasteiger partial charge in [-0.25, -0.2) is 9.95 Å². The highest BCUT2D eigenvalue weighted by molar-refractivity contribution is 5.63. The molecule has 1 aromatic heterocycles. The fourth-order valence-corrected chi connectivity index (χ4v) is 1.32. The molecule has 1 heterocycles. The third-order valence-corrected chi connectivity index (χ3v) is 1.94. The number of hydrogen-bond acceptors (Lipinski definition) is 2. The maximum Gasteiger partial charge on any atom is 0.365 e. The normalized spacial score (nSPS) is 10.2. The van der Waals surface area contributed by atoms with Crippen LogP contribution in [-0.2, 0) is 0 Å². The Bertz CT molecular complexity index is 453. The predicted molar refractivity (Wildman–Crippen MR) is 49.5 cm³/mol. The van der Waals surface area contributed by atoms with Crippen molar-refractivity contribution in [3.05, 3.63) is 46.4 Å². The Labute approximate surface area is 75.0 Å². The molecule has 66 valence electrons. The Morgan fingerprint density at radius 1 is 1.23 bits per heavy atom. The smallest absolute Gasteiger partial charge is 0.338 e. The molecule has 3 heteroatoms. The lowest BCUT2D eigenvalue weighted by atomic mass is 10.1. The molecule has 1 aromatic carbocycles. The van der Waals surface area contributed by atoms with Gasteiger partial charge in [-0.2, -0.15) is 0 Å². The SMILES string of the molecule is Cc1[nH]oc(=O)c1-c1ccccc1. The van der Waals surface area contributed by atoms with Crippen molar-refractivity contribution in [3.8, 4) is 11.1 Å². The van der Waals surface area contributed by atoms with Gasteiger partial charge in [0.25, 0.3) is 0 Å². The van der Waals surface area contributed by atoms with Crippen LogP contribution in [0, 0.1) is 6.92 Å². The van der Waals surface area contributed by atoms with Crippen molar-refractivity contribution >= 4 is 0 Å². The minimum atomic E-state index is -0.316. The maximum atomic E-state index is 11.2. The minimum absolute atomic E-state index is 0.316. The first kappa shape index (κ1) is 7.86. The Kier molecular flexibility index (Phi) is 1.77. The van der Waals surface area contributed by atoms with Gasteiger partial charge in [-0.05, 0) is 12.5 Å². The van der Waals surface area contributed by atoms with Gasteiger partial charge in [-0.1, -0.05) is 30.3 Å². The lowest BCUT2D eigenvalue weighted by Crippen LogP contribution is -1.96. The van der Waals surface area contributed by atoms with Crippen LogP contribution >= 0.6 is 0 Å². The van der Waals surface area contributed by atoms with Crippen LogP contribution in [0.25, 0.3) is 11.1 Å². The summed E-state index contributed by atoms with van der Waals surface area (Å²) >= 11 is 0. The van der Waals surface area contributed by atoms with Crippen LogP contribution in [0.3, 0.4) is 0 Å². The molecule has 13 heavy (non-hydrogen) atoms. The summed E-state index contributed by atoms with van der Waals surface area (Å²) in [6, 6.07) is 9.45. The second-order valence-electron chi connectivity index (χ2n) is 2.86. The summed E-state index contributed by atoms with van der Waals surface area (Å²) in [5, 5.41) is 2.55. The van der Waals surface area contributed by atoms with Gasteiger partial charge in [0, 0.05) is 0 Å². The fourth-order valence-electron chi connectivity index (χ4n) is 1.32. The summed E-state index contributed by atoms with van der Waals surface area (Å²) in [7, 11) is 0. The Morgan fingerprint density at radius 3 is 2.46 bits per heavy atom. The lowest BCUT2D eigenvalue weighted by molar-refractivity contribution is 0.388. The molecule has 0 aliphatic carbocycles. The third kappa shape index (κ3) is 1.28. The minimum Gasteiger partial charge on any atom is -0.338 e. The average Bonchev–Trinajstić information content (AvgIpc) is 2.48. The van der Waals surface area contributed by atoms with E-state index in [1.165, 1.54) is 0 Å². The van der Waals surface area contributed by atoms with Gasteiger partial charge in [0.05, 0.1) is 11.3 Å². The van der Waals surface area contributed by atoms with E-state index in [0.717, 1.165) is 11.3 Å². The highest BCUT2D eigenvalue weighted by atomic mass is 16.5. The zero-order chi connectivity index (χ0) is 9.26. The van der Waals surface area contributed by atoms with Gasteiger partial charge >= 0.3 is 5.63 Å². The van der Waals surface area contributed by atoms with E-state index in [2.05, 4.69) is 9.68 Å². The summed E-state index contributed by atoms with van der Waals surface area (Å²) < 4.78 is 4.67. The van der Waals surface area contributed by atoms with Gasteiger partial charge in [0.2, 0.25) is 0 Å². The number of H-pyrrole nitrogens is 1. The van der Waals surface area contributed by atoms with E-state index >= 15 is 0 Å². The van der Waals surface area contributed by atoms with Crippen molar-refractivity contribution in [1.82, 2.24) is 5.16 Å². The van der Waals surface area contributed by atoms with E-state index in [9.17, 15) is 4.79 Å². The number of rotatable bonds is 1. The quantitative estimate of drug-likeness (QED) is 0.719. The molecule has 0 bridgehead atoms. The van der Waals surface area contributed by atoms with Crippen LogP contribution in [-0.4, -0.2) is 5.16 Å². The van der Waals surface area contributed by atoms with Crippen LogP contribution in [0.2, 0.25) is 0 Å². The molecule has 0 atom stereocenters. The molecule has 0 radical (unpaired) electrons. The zero-order valence-corrected chi connectivity index (χ0v) is 7.20. The average molecular weight is 175 g/mol. The van der Waals surface area contributed by atoms with Crippen LogP contribution in [0.1, 0.15) is 5.69 Å². The number of hydrogen-bond donors (Lipinski definition) is 1. The Morgan fingerprint density at radius 2 is 1.92 bits per heavy atom. The number of benzene rings is 1. The summed E-state index contributed by atoms with van der Waals surface area (Å²) in [5.74, 6) is 0. The summed E-state index contributed by atoms with van der Waals surface area (Å²) in [6.07, 6.45) is 0. The molecule has 0 amide bonds. The van der Waals surface area contributed by atoms with Gasteiger partial charge in [0.1, 0.15) is 0 Å². The molecule has 0 saturated carbocycles. The van der Waals surface area contributed by atoms with Crippen molar-refractivity contribution in [2.45, 2.75) is 6.92 Å². The van der Waals surface area contributed by atoms with Crippen molar-refractivity contribution in [1.29, 1.82) is 0 Å². The van der Waals surface area contributed by atoms with E-state index in [0.29, 0.717) is 5.56 Å². The molecule has 2 rings (SSSR count). The number of aryl methyl sites for hydroxylation is 1. The molecule has 0 fully saturated rings. The third-order valence-electron chi connectivity index (χ3n) is 1.94. The second-order valence-corrected chi connectivity index (χ2v) is 2.86. The molecule has 0 aliphatic rings. The van der Waals surface area contributed by atoms with E-state index < -0.39 is 0 Å². The molecule has 0 spiro atoms. The molecule has 2 aromatic rings. The number of aromatic nitrogens is 1. The van der Waals surface area contributed by atoms with E-state index in [4.69, 9.17) is 0 Å². The predicted octanol–water partition coefficient (Wildman–Crippen LogP) is 1.94. The van der Waals surface area contributed by atoms with Gasteiger partial charge in [0.15, 0.2) is 0 Å². The monoisotopic (exact) mass is 175 g/mol. The van der Waals surface area contributed by atoms with E-state index in [1.807, 2.05) is 37.3 Å². The number of aromatic amines is 1. The molecular formula is C10H9NO2. The Balaban J connectivity index is 2.65. The van der Waals surface area contributed by atoms with E-state index in [-0.39, 0.29) is 5.63 Å². The molecule has 1 N–H and O–H groups in total. The van der Waals surface area contributed by atoms with Crippen molar-refractivity contribution in [2.24, 2.45) is 0 Å². The zero-order valence-electron chi connectivity index (χ0n) is 7.20. The summed E-state index contributed by atoms with van der Waals surface area (Å²) in [5.41, 5.74) is 1.94. The van der Waals surface area contributed by atoms with Crippen molar-refractivity contribution < 1.29 is 4.52 Å². The highest BCUT2D eigenvalue weighted by Gasteiger charge is 2.09. The lowest BCUT2D eigenvalue weighted by Gasteiger charge is -1.94.